The predicted octanol–water partition coefficient (Wildman–Crippen LogP) is 6.19. The molecule has 0 bridgehead atoms. The van der Waals surface area contributed by atoms with Gasteiger partial charge in [-0.3, -0.25) is 4.90 Å². The number of aromatic nitrogens is 1. The number of rotatable bonds is 8. The molecule has 0 radical (unpaired) electrons. The summed E-state index contributed by atoms with van der Waals surface area (Å²) in [6, 6.07) is 8.44. The average molecular weight is 503 g/mol. The minimum Gasteiger partial charge on any atom is -0.496 e. The Balaban J connectivity index is 1.38. The van der Waals surface area contributed by atoms with Crippen LogP contribution < -0.4 is 4.74 Å². The zero-order valence-corrected chi connectivity index (χ0v) is 22.0. The van der Waals surface area contributed by atoms with Crippen LogP contribution in [0.1, 0.15) is 82.7 Å². The van der Waals surface area contributed by atoms with E-state index >= 15 is 0 Å². The maximum atomic E-state index is 12.0. The van der Waals surface area contributed by atoms with Crippen molar-refractivity contribution in [2.75, 3.05) is 20.3 Å². The van der Waals surface area contributed by atoms with Crippen LogP contribution in [0.3, 0.4) is 0 Å². The molecular formula is C31H38N2O4. The Labute approximate surface area is 219 Å². The summed E-state index contributed by atoms with van der Waals surface area (Å²) >= 11 is 0. The fourth-order valence-corrected chi connectivity index (χ4v) is 6.59. The highest BCUT2D eigenvalue weighted by atomic mass is 16.5. The van der Waals surface area contributed by atoms with E-state index in [0.29, 0.717) is 5.56 Å². The van der Waals surface area contributed by atoms with Gasteiger partial charge >= 0.3 is 5.97 Å². The van der Waals surface area contributed by atoms with Gasteiger partial charge in [0.15, 0.2) is 0 Å². The molecule has 3 aliphatic rings. The third-order valence-corrected chi connectivity index (χ3v) is 8.78. The first-order valence-corrected chi connectivity index (χ1v) is 13.9. The predicted molar refractivity (Wildman–Crippen MR) is 144 cm³/mol. The summed E-state index contributed by atoms with van der Waals surface area (Å²) in [5.74, 6) is 0.867. The number of methoxy groups -OCH3 is 1. The van der Waals surface area contributed by atoms with Gasteiger partial charge in [-0.25, -0.2) is 4.79 Å². The Hall–Kier alpha value is -2.83. The Morgan fingerprint density at radius 3 is 2.70 bits per heavy atom. The molecule has 1 saturated heterocycles. The van der Waals surface area contributed by atoms with Crippen molar-refractivity contribution in [1.82, 2.24) is 9.88 Å². The normalized spacial score (nSPS) is 22.2. The second kappa shape index (κ2) is 10.1. The number of aryl methyl sites for hydroxylation is 1. The smallest absolute Gasteiger partial charge is 0.335 e. The van der Waals surface area contributed by atoms with Crippen LogP contribution in [-0.4, -0.2) is 47.3 Å². The lowest BCUT2D eigenvalue weighted by Gasteiger charge is -2.41. The van der Waals surface area contributed by atoms with Crippen LogP contribution in [0.15, 0.2) is 30.5 Å². The summed E-state index contributed by atoms with van der Waals surface area (Å²) in [6.45, 7) is 4.72. The van der Waals surface area contributed by atoms with Crippen LogP contribution in [0.2, 0.25) is 0 Å². The summed E-state index contributed by atoms with van der Waals surface area (Å²) < 4.78 is 12.3. The van der Waals surface area contributed by atoms with Crippen LogP contribution in [0.25, 0.3) is 10.9 Å². The summed E-state index contributed by atoms with van der Waals surface area (Å²) in [7, 11) is 1.76. The maximum Gasteiger partial charge on any atom is 0.335 e. The lowest BCUT2D eigenvalue weighted by molar-refractivity contribution is -0.0231. The lowest BCUT2D eigenvalue weighted by atomic mass is 9.80. The van der Waals surface area contributed by atoms with Gasteiger partial charge in [-0.05, 0) is 105 Å². The molecule has 6 rings (SSSR count). The number of carbonyl (C=O) groups is 1. The van der Waals surface area contributed by atoms with Crippen molar-refractivity contribution in [2.24, 2.45) is 5.92 Å². The molecule has 2 aromatic carbocycles. The molecule has 1 aromatic heterocycles. The Morgan fingerprint density at radius 1 is 1.14 bits per heavy atom. The van der Waals surface area contributed by atoms with E-state index in [0.717, 1.165) is 81.0 Å². The summed E-state index contributed by atoms with van der Waals surface area (Å²) in [5, 5.41) is 11.1. The number of hydrogen-bond acceptors (Lipinski definition) is 4. The van der Waals surface area contributed by atoms with E-state index in [9.17, 15) is 9.90 Å². The minimum atomic E-state index is -0.810. The van der Waals surface area contributed by atoms with Gasteiger partial charge in [-0.1, -0.05) is 6.07 Å². The fourth-order valence-electron chi connectivity index (χ4n) is 6.59. The molecule has 0 amide bonds. The number of benzene rings is 2. The van der Waals surface area contributed by atoms with Crippen molar-refractivity contribution in [3.05, 3.63) is 63.8 Å². The minimum absolute atomic E-state index is 0.188. The molecule has 6 heteroatoms. The highest BCUT2D eigenvalue weighted by Gasteiger charge is 2.35. The molecule has 0 spiro atoms. The Morgan fingerprint density at radius 2 is 1.95 bits per heavy atom. The molecule has 1 aliphatic heterocycles. The van der Waals surface area contributed by atoms with Crippen molar-refractivity contribution < 1.29 is 19.4 Å². The van der Waals surface area contributed by atoms with Crippen LogP contribution in [-0.2, 0) is 24.1 Å². The molecule has 3 aromatic rings. The maximum absolute atomic E-state index is 12.0. The molecule has 2 aliphatic carbocycles. The number of aromatic amines is 1. The quantitative estimate of drug-likeness (QED) is 0.384. The van der Waals surface area contributed by atoms with Crippen LogP contribution in [0.5, 0.6) is 5.75 Å². The van der Waals surface area contributed by atoms with Crippen molar-refractivity contribution in [3.8, 4) is 5.75 Å². The topological polar surface area (TPSA) is 74.8 Å². The number of piperidine rings is 1. The molecule has 1 saturated carbocycles. The van der Waals surface area contributed by atoms with Crippen LogP contribution >= 0.6 is 0 Å². The number of aromatic carboxylic acids is 1. The second-order valence-corrected chi connectivity index (χ2v) is 11.2. The summed E-state index contributed by atoms with van der Waals surface area (Å²) in [5.41, 5.74) is 7.67. The zero-order chi connectivity index (χ0) is 25.5. The van der Waals surface area contributed by atoms with Gasteiger partial charge in [-0.2, -0.15) is 0 Å². The molecule has 0 unspecified atom stereocenters. The number of nitrogens with one attached hydrogen (secondary N) is 1. The third-order valence-electron chi connectivity index (χ3n) is 8.78. The largest absolute Gasteiger partial charge is 0.496 e. The van der Waals surface area contributed by atoms with Gasteiger partial charge in [0.1, 0.15) is 5.75 Å². The number of carboxylic acids is 1. The van der Waals surface area contributed by atoms with Crippen LogP contribution in [0.4, 0.5) is 0 Å². The summed E-state index contributed by atoms with van der Waals surface area (Å²) in [6.07, 6.45) is 10.8. The highest BCUT2D eigenvalue weighted by molar-refractivity contribution is 5.90. The van der Waals surface area contributed by atoms with Gasteiger partial charge in [0.25, 0.3) is 0 Å². The van der Waals surface area contributed by atoms with E-state index in [1.54, 1.807) is 7.11 Å². The standard InChI is InChI=1S/C31H38N2O4/c1-19-15-29(36-2)27(25-11-13-32-30(19)25)17-33-14-12-21(37-18-20-7-8-20)16-28(33)24-9-10-26(31(34)35)23-6-4-3-5-22(23)24/h9-11,13,15,20-21,28,32H,3-8,12,14,16-18H2,1-2H3,(H,34,35)/t21-,28-/m1/s1. The number of fused-ring (bicyclic) bond motifs is 2. The Bertz CT molecular complexity index is 1310. The van der Waals surface area contributed by atoms with E-state index in [2.05, 4.69) is 35.0 Å². The first-order valence-electron chi connectivity index (χ1n) is 13.9. The Kier molecular flexibility index (Phi) is 6.72. The fraction of sp³-hybridized carbons (Fsp3) is 0.516. The van der Waals surface area contributed by atoms with Gasteiger partial charge in [-0.15, -0.1) is 0 Å². The highest BCUT2D eigenvalue weighted by Crippen LogP contribution is 2.42. The second-order valence-electron chi connectivity index (χ2n) is 11.2. The van der Waals surface area contributed by atoms with Gasteiger partial charge in [0, 0.05) is 48.4 Å². The molecule has 37 heavy (non-hydrogen) atoms. The molecule has 2 atom stereocenters. The average Bonchev–Trinajstić information content (AvgIpc) is 3.61. The molecule has 2 heterocycles. The number of carboxylic acid groups (broad SMARTS) is 1. The SMILES string of the molecule is COc1cc(C)c2[nH]ccc2c1CN1CC[C@@H](OCC2CC2)C[C@@H]1c1ccc(C(=O)O)c2c1CCCC2. The first kappa shape index (κ1) is 24.5. The van der Waals surface area contributed by atoms with E-state index in [1.807, 2.05) is 12.3 Å². The van der Waals surface area contributed by atoms with E-state index in [-0.39, 0.29) is 12.1 Å². The molecule has 2 N–H and O–H groups in total. The number of ether oxygens (including phenoxy) is 2. The van der Waals surface area contributed by atoms with Crippen LogP contribution in [0, 0.1) is 12.8 Å². The van der Waals surface area contributed by atoms with Crippen molar-refractivity contribution in [1.29, 1.82) is 0 Å². The number of nitrogens with zero attached hydrogens (tertiary/aromatic N) is 1. The summed E-state index contributed by atoms with van der Waals surface area (Å²) in [4.78, 5) is 18.0. The molecular weight excluding hydrogens is 464 g/mol. The van der Waals surface area contributed by atoms with E-state index < -0.39 is 5.97 Å². The van der Waals surface area contributed by atoms with Crippen molar-refractivity contribution in [3.63, 3.8) is 0 Å². The van der Waals surface area contributed by atoms with E-state index in [1.165, 1.54) is 40.5 Å². The van der Waals surface area contributed by atoms with Gasteiger partial charge < -0.3 is 19.6 Å². The molecule has 6 nitrogen and oxygen atoms in total. The van der Waals surface area contributed by atoms with Gasteiger partial charge in [0.05, 0.1) is 18.8 Å². The third kappa shape index (κ3) is 4.77. The number of hydrogen-bond donors (Lipinski definition) is 2. The van der Waals surface area contributed by atoms with E-state index in [4.69, 9.17) is 9.47 Å². The number of H-pyrrole nitrogens is 1. The lowest BCUT2D eigenvalue weighted by Crippen LogP contribution is -2.40. The monoisotopic (exact) mass is 502 g/mol. The number of likely N-dealkylation sites (tertiary alicyclic amines) is 1. The molecule has 2 fully saturated rings. The first-order chi connectivity index (χ1) is 18.0. The van der Waals surface area contributed by atoms with Gasteiger partial charge in [0.2, 0.25) is 0 Å². The van der Waals surface area contributed by atoms with Crippen molar-refractivity contribution >= 4 is 16.9 Å². The molecule has 196 valence electrons. The zero-order valence-electron chi connectivity index (χ0n) is 22.0. The van der Waals surface area contributed by atoms with Crippen molar-refractivity contribution in [2.45, 2.75) is 77.0 Å².